The van der Waals surface area contributed by atoms with E-state index in [4.69, 9.17) is 30.5 Å². The van der Waals surface area contributed by atoms with Gasteiger partial charge in [0.1, 0.15) is 24.0 Å². The van der Waals surface area contributed by atoms with Crippen molar-refractivity contribution in [3.63, 3.8) is 0 Å². The molecule has 2 aromatic carbocycles. The van der Waals surface area contributed by atoms with Crippen molar-refractivity contribution in [2.24, 2.45) is 17.3 Å². The monoisotopic (exact) mass is 668 g/mol. The van der Waals surface area contributed by atoms with Crippen molar-refractivity contribution in [2.45, 2.75) is 84.3 Å². The molecule has 10 nitrogen and oxygen atoms in total. The molecule has 0 aromatic heterocycles. The second-order valence-electron chi connectivity index (χ2n) is 13.3. The number of hydrogen-bond acceptors (Lipinski definition) is 8. The summed E-state index contributed by atoms with van der Waals surface area (Å²) in [7, 11) is 1.51. The third-order valence-electron chi connectivity index (χ3n) is 8.41. The molecule has 4 rings (SSSR count). The minimum atomic E-state index is -1.20. The summed E-state index contributed by atoms with van der Waals surface area (Å²) >= 11 is 6.32. The third kappa shape index (κ3) is 9.81. The molecular formula is C36H45ClN2O8. The molecule has 2 aliphatic rings. The number of hydrogen-bond donors (Lipinski definition) is 2. The molecule has 2 N–H and O–H groups in total. The number of epoxide rings is 1. The zero-order valence-electron chi connectivity index (χ0n) is 27.8. The van der Waals surface area contributed by atoms with Gasteiger partial charge in [-0.3, -0.25) is 14.4 Å². The second kappa shape index (κ2) is 15.8. The molecular weight excluding hydrogens is 624 g/mol. The number of amides is 2. The Hall–Kier alpha value is -3.89. The summed E-state index contributed by atoms with van der Waals surface area (Å²) in [6, 6.07) is 13.9. The van der Waals surface area contributed by atoms with Gasteiger partial charge in [-0.05, 0) is 55.5 Å². The third-order valence-corrected chi connectivity index (χ3v) is 8.70. The molecule has 0 bridgehead atoms. The molecule has 6 atom stereocenters. The molecule has 0 aliphatic carbocycles. The molecule has 47 heavy (non-hydrogen) atoms. The summed E-state index contributed by atoms with van der Waals surface area (Å²) in [6.45, 7) is 8.92. The largest absolute Gasteiger partial charge is 0.495 e. The summed E-state index contributed by atoms with van der Waals surface area (Å²) in [6.07, 6.45) is 1.34. The van der Waals surface area contributed by atoms with Crippen LogP contribution in [0.2, 0.25) is 5.02 Å². The van der Waals surface area contributed by atoms with Crippen LogP contribution in [-0.2, 0) is 39.8 Å². The first-order chi connectivity index (χ1) is 22.3. The van der Waals surface area contributed by atoms with Crippen LogP contribution in [0.3, 0.4) is 0 Å². The Morgan fingerprint density at radius 2 is 1.74 bits per heavy atom. The van der Waals surface area contributed by atoms with Gasteiger partial charge in [-0.25, -0.2) is 4.79 Å². The van der Waals surface area contributed by atoms with Gasteiger partial charge >= 0.3 is 11.9 Å². The highest BCUT2D eigenvalue weighted by Crippen LogP contribution is 2.45. The standard InChI is InChI=1S/C36H45ClN2O8/c1-21(2)17-29-34(42)45-27(22(3)31-32(47-31)24-11-8-7-9-12-24)13-10-14-30(40)39-26(19-23-15-16-28(44-6)25(37)18-23)33(41)38-20-36(4,5)35(43)46-29/h7-12,14-16,18,21-22,26-27,29,31-32H,13,17,19-20H2,1-6H3,(H,38,41)(H,39,40)/b14-10+/t22?,26-,27?,29+,31-,32?/m1/s1. The topological polar surface area (TPSA) is 133 Å². The van der Waals surface area contributed by atoms with Crippen molar-refractivity contribution in [2.75, 3.05) is 13.7 Å². The van der Waals surface area contributed by atoms with E-state index in [0.29, 0.717) is 16.3 Å². The molecule has 0 radical (unpaired) electrons. The van der Waals surface area contributed by atoms with Crippen LogP contribution in [0, 0.1) is 17.3 Å². The molecule has 2 aromatic rings. The zero-order chi connectivity index (χ0) is 34.3. The highest BCUT2D eigenvalue weighted by molar-refractivity contribution is 6.32. The van der Waals surface area contributed by atoms with E-state index in [2.05, 4.69) is 10.6 Å². The lowest BCUT2D eigenvalue weighted by molar-refractivity contribution is -0.179. The predicted octanol–water partition coefficient (Wildman–Crippen LogP) is 5.12. The summed E-state index contributed by atoms with van der Waals surface area (Å²) in [5.41, 5.74) is 0.524. The van der Waals surface area contributed by atoms with Gasteiger partial charge < -0.3 is 29.6 Å². The highest BCUT2D eigenvalue weighted by Gasteiger charge is 2.48. The maximum atomic E-state index is 13.6. The number of benzene rings is 2. The fourth-order valence-corrected chi connectivity index (χ4v) is 5.75. The number of ether oxygens (including phenoxy) is 4. The molecule has 2 heterocycles. The van der Waals surface area contributed by atoms with Crippen LogP contribution in [-0.4, -0.2) is 61.8 Å². The fourth-order valence-electron chi connectivity index (χ4n) is 5.46. The molecule has 2 aliphatic heterocycles. The van der Waals surface area contributed by atoms with E-state index in [9.17, 15) is 19.2 Å². The van der Waals surface area contributed by atoms with E-state index in [0.717, 1.165) is 5.56 Å². The van der Waals surface area contributed by atoms with Crippen molar-refractivity contribution < 1.29 is 38.1 Å². The molecule has 254 valence electrons. The number of cyclic esters (lactones) is 2. The number of carbonyl (C=O) groups excluding carboxylic acids is 4. The van der Waals surface area contributed by atoms with E-state index in [-0.39, 0.29) is 49.9 Å². The molecule has 1 saturated heterocycles. The van der Waals surface area contributed by atoms with E-state index in [1.54, 1.807) is 38.1 Å². The first-order valence-corrected chi connectivity index (χ1v) is 16.4. The molecule has 0 spiro atoms. The summed E-state index contributed by atoms with van der Waals surface area (Å²) in [4.78, 5) is 53.6. The van der Waals surface area contributed by atoms with Gasteiger partial charge in [0.2, 0.25) is 11.8 Å². The number of methoxy groups -OCH3 is 1. The summed E-state index contributed by atoms with van der Waals surface area (Å²) in [5, 5.41) is 5.91. The first-order valence-electron chi connectivity index (χ1n) is 16.0. The lowest BCUT2D eigenvalue weighted by Crippen LogP contribution is -2.51. The molecule has 1 fully saturated rings. The Balaban J connectivity index is 1.61. The maximum Gasteiger partial charge on any atom is 0.347 e. The number of carbonyl (C=O) groups is 4. The molecule has 3 unspecified atom stereocenters. The maximum absolute atomic E-state index is 13.6. The quantitative estimate of drug-likeness (QED) is 0.293. The van der Waals surface area contributed by atoms with E-state index in [1.165, 1.54) is 13.2 Å². The minimum absolute atomic E-state index is 0.0228. The van der Waals surface area contributed by atoms with Crippen molar-refractivity contribution in [3.8, 4) is 5.75 Å². The normalized spacial score (nSPS) is 26.8. The van der Waals surface area contributed by atoms with E-state index in [1.807, 2.05) is 51.1 Å². The Morgan fingerprint density at radius 1 is 1.02 bits per heavy atom. The van der Waals surface area contributed by atoms with Gasteiger partial charge in [0.25, 0.3) is 0 Å². The average Bonchev–Trinajstić information content (AvgIpc) is 3.83. The summed E-state index contributed by atoms with van der Waals surface area (Å²) < 4.78 is 23.1. The van der Waals surface area contributed by atoms with E-state index >= 15 is 0 Å². The van der Waals surface area contributed by atoms with Crippen molar-refractivity contribution in [1.29, 1.82) is 0 Å². The van der Waals surface area contributed by atoms with Crippen molar-refractivity contribution in [3.05, 3.63) is 76.8 Å². The Morgan fingerprint density at radius 3 is 2.40 bits per heavy atom. The van der Waals surface area contributed by atoms with Gasteiger partial charge in [0.15, 0.2) is 6.10 Å². The Labute approximate surface area is 281 Å². The lowest BCUT2D eigenvalue weighted by atomic mass is 9.92. The van der Waals surface area contributed by atoms with Gasteiger partial charge in [0.05, 0.1) is 23.7 Å². The number of halogens is 1. The predicted molar refractivity (Wildman–Crippen MR) is 177 cm³/mol. The van der Waals surface area contributed by atoms with Gasteiger partial charge in [-0.1, -0.05) is 74.8 Å². The van der Waals surface area contributed by atoms with Crippen LogP contribution in [0.25, 0.3) is 0 Å². The molecule has 0 saturated carbocycles. The van der Waals surface area contributed by atoms with Crippen molar-refractivity contribution >= 4 is 35.4 Å². The summed E-state index contributed by atoms with van der Waals surface area (Å²) in [5.74, 6) is -2.06. The first kappa shape index (κ1) is 36.0. The smallest absolute Gasteiger partial charge is 0.347 e. The SMILES string of the molecule is COc1ccc(C[C@H]2NC(=O)/C=C/CC(C(C)[C@H]3OC3c3ccccc3)OC(=O)[C@H](CC(C)C)OC(=O)C(C)(C)CNC2=O)cc1Cl. The van der Waals surface area contributed by atoms with Crippen LogP contribution in [0.15, 0.2) is 60.7 Å². The van der Waals surface area contributed by atoms with Crippen LogP contribution < -0.4 is 15.4 Å². The van der Waals surface area contributed by atoms with Crippen LogP contribution in [0.4, 0.5) is 0 Å². The van der Waals surface area contributed by atoms with Crippen LogP contribution >= 0.6 is 11.6 Å². The van der Waals surface area contributed by atoms with Crippen LogP contribution in [0.5, 0.6) is 5.75 Å². The minimum Gasteiger partial charge on any atom is -0.495 e. The van der Waals surface area contributed by atoms with Gasteiger partial charge in [-0.15, -0.1) is 0 Å². The van der Waals surface area contributed by atoms with Crippen LogP contribution in [0.1, 0.15) is 64.7 Å². The van der Waals surface area contributed by atoms with E-state index < -0.39 is 47.4 Å². The molecule has 11 heteroatoms. The Bertz CT molecular complexity index is 1460. The Kier molecular flexibility index (Phi) is 12.1. The number of esters is 2. The number of nitrogens with one attached hydrogen (secondary N) is 2. The highest BCUT2D eigenvalue weighted by atomic mass is 35.5. The van der Waals surface area contributed by atoms with Gasteiger partial charge in [-0.2, -0.15) is 0 Å². The number of rotatable bonds is 8. The second-order valence-corrected chi connectivity index (χ2v) is 13.7. The molecule has 2 amide bonds. The average molecular weight is 669 g/mol. The fraction of sp³-hybridized carbons (Fsp3) is 0.500. The van der Waals surface area contributed by atoms with Gasteiger partial charge in [0, 0.05) is 25.3 Å². The zero-order valence-corrected chi connectivity index (χ0v) is 28.5. The van der Waals surface area contributed by atoms with Crippen molar-refractivity contribution in [1.82, 2.24) is 10.6 Å². The lowest BCUT2D eigenvalue weighted by Gasteiger charge is -2.29.